The Morgan fingerprint density at radius 3 is 2.53 bits per heavy atom. The number of amides is 1. The van der Waals surface area contributed by atoms with E-state index < -0.39 is 5.60 Å². The van der Waals surface area contributed by atoms with Gasteiger partial charge in [-0.1, -0.05) is 0 Å². The van der Waals surface area contributed by atoms with E-state index in [1.54, 1.807) is 0 Å². The Hall–Kier alpha value is -0.810. The Morgan fingerprint density at radius 2 is 2.00 bits per heavy atom. The van der Waals surface area contributed by atoms with Crippen LogP contribution in [0.25, 0.3) is 0 Å². The zero-order valence-corrected chi connectivity index (χ0v) is 11.2. The van der Waals surface area contributed by atoms with Crippen LogP contribution in [0.4, 0.5) is 4.79 Å². The summed E-state index contributed by atoms with van der Waals surface area (Å²) in [7, 11) is 1.90. The minimum atomic E-state index is -0.434. The number of carbonyl (C=O) groups excluding carboxylic acids is 1. The van der Waals surface area contributed by atoms with Crippen LogP contribution in [0.3, 0.4) is 0 Å². The van der Waals surface area contributed by atoms with Crippen molar-refractivity contribution in [2.75, 3.05) is 20.2 Å². The van der Waals surface area contributed by atoms with Gasteiger partial charge in [-0.05, 0) is 40.7 Å². The average Bonchev–Trinajstić information content (AvgIpc) is 2.10. The molecule has 17 heavy (non-hydrogen) atoms. The lowest BCUT2D eigenvalue weighted by Gasteiger charge is -2.35. The highest BCUT2D eigenvalue weighted by molar-refractivity contribution is 5.68. The zero-order chi connectivity index (χ0) is 12.9. The van der Waals surface area contributed by atoms with E-state index in [4.69, 9.17) is 9.47 Å². The molecular weight excluding hydrogens is 220 g/mol. The standard InChI is InChI=1S/C12H24N2O3/c1-12(2,3)17-11(15)14-9-7-10(8-9)16-6-5-13-4/h9-10,13H,5-8H2,1-4H3,(H,14,15)/t9-,10-. The van der Waals surface area contributed by atoms with Gasteiger partial charge in [0.05, 0.1) is 12.7 Å². The van der Waals surface area contributed by atoms with Crippen molar-refractivity contribution in [3.8, 4) is 0 Å². The van der Waals surface area contributed by atoms with Crippen LogP contribution in [-0.2, 0) is 9.47 Å². The van der Waals surface area contributed by atoms with E-state index in [1.165, 1.54) is 0 Å². The number of hydrogen-bond donors (Lipinski definition) is 2. The SMILES string of the molecule is CNCCO[C@H]1C[C@H](NC(=O)OC(C)(C)C)C1. The molecule has 0 aliphatic heterocycles. The van der Waals surface area contributed by atoms with Crippen LogP contribution in [-0.4, -0.2) is 44.0 Å². The van der Waals surface area contributed by atoms with Gasteiger partial charge in [0.25, 0.3) is 0 Å². The van der Waals surface area contributed by atoms with Gasteiger partial charge in [0, 0.05) is 12.6 Å². The molecule has 0 atom stereocenters. The summed E-state index contributed by atoms with van der Waals surface area (Å²) in [5.41, 5.74) is -0.434. The summed E-state index contributed by atoms with van der Waals surface area (Å²) in [6.07, 6.45) is 1.70. The Kier molecular flexibility index (Phi) is 5.21. The molecule has 1 amide bonds. The summed E-state index contributed by atoms with van der Waals surface area (Å²) in [4.78, 5) is 11.4. The molecule has 1 aliphatic rings. The van der Waals surface area contributed by atoms with Crippen molar-refractivity contribution in [2.45, 2.75) is 51.4 Å². The predicted molar refractivity (Wildman–Crippen MR) is 66.1 cm³/mol. The molecule has 0 unspecified atom stereocenters. The van der Waals surface area contributed by atoms with Gasteiger partial charge in [0.15, 0.2) is 0 Å². The van der Waals surface area contributed by atoms with Crippen LogP contribution < -0.4 is 10.6 Å². The molecule has 0 aromatic heterocycles. The van der Waals surface area contributed by atoms with Gasteiger partial charge in [0.1, 0.15) is 5.60 Å². The highest BCUT2D eigenvalue weighted by atomic mass is 16.6. The lowest BCUT2D eigenvalue weighted by atomic mass is 9.89. The molecular formula is C12H24N2O3. The van der Waals surface area contributed by atoms with Crippen LogP contribution in [0, 0.1) is 0 Å². The Balaban J connectivity index is 2.07. The van der Waals surface area contributed by atoms with Crippen molar-refractivity contribution in [3.05, 3.63) is 0 Å². The van der Waals surface area contributed by atoms with Crippen molar-refractivity contribution < 1.29 is 14.3 Å². The Morgan fingerprint density at radius 1 is 1.35 bits per heavy atom. The molecule has 5 nitrogen and oxygen atoms in total. The lowest BCUT2D eigenvalue weighted by molar-refractivity contribution is -0.0179. The molecule has 0 spiro atoms. The van der Waals surface area contributed by atoms with Crippen LogP contribution >= 0.6 is 0 Å². The third-order valence-corrected chi connectivity index (χ3v) is 2.52. The molecule has 0 heterocycles. The van der Waals surface area contributed by atoms with Crippen LogP contribution in [0.2, 0.25) is 0 Å². The molecule has 0 saturated heterocycles. The second-order valence-electron chi connectivity index (χ2n) is 5.41. The lowest BCUT2D eigenvalue weighted by Crippen LogP contribution is -2.49. The molecule has 0 aromatic carbocycles. The number of carbonyl (C=O) groups is 1. The normalized spacial score (nSPS) is 24.0. The number of nitrogens with one attached hydrogen (secondary N) is 2. The van der Waals surface area contributed by atoms with Crippen molar-refractivity contribution in [2.24, 2.45) is 0 Å². The van der Waals surface area contributed by atoms with E-state index in [0.29, 0.717) is 0 Å². The summed E-state index contributed by atoms with van der Waals surface area (Å²) in [5, 5.41) is 5.86. The quantitative estimate of drug-likeness (QED) is 0.715. The van der Waals surface area contributed by atoms with E-state index >= 15 is 0 Å². The zero-order valence-electron chi connectivity index (χ0n) is 11.2. The van der Waals surface area contributed by atoms with Crippen molar-refractivity contribution in [1.82, 2.24) is 10.6 Å². The smallest absolute Gasteiger partial charge is 0.407 e. The largest absolute Gasteiger partial charge is 0.444 e. The first-order chi connectivity index (χ1) is 7.90. The number of rotatable bonds is 5. The summed E-state index contributed by atoms with van der Waals surface area (Å²) in [6, 6.07) is 0.199. The maximum atomic E-state index is 11.4. The molecule has 2 N–H and O–H groups in total. The van der Waals surface area contributed by atoms with Crippen LogP contribution in [0.15, 0.2) is 0 Å². The van der Waals surface area contributed by atoms with Gasteiger partial charge in [-0.3, -0.25) is 0 Å². The van der Waals surface area contributed by atoms with Gasteiger partial charge >= 0.3 is 6.09 Å². The Labute approximate surface area is 103 Å². The van der Waals surface area contributed by atoms with Crippen LogP contribution in [0.1, 0.15) is 33.6 Å². The molecule has 1 saturated carbocycles. The number of likely N-dealkylation sites (N-methyl/N-ethyl adjacent to an activating group) is 1. The molecule has 0 aromatic rings. The highest BCUT2D eigenvalue weighted by Crippen LogP contribution is 2.23. The molecule has 0 radical (unpaired) electrons. The molecule has 100 valence electrons. The minimum absolute atomic E-state index is 0.199. The summed E-state index contributed by atoms with van der Waals surface area (Å²) < 4.78 is 10.8. The van der Waals surface area contributed by atoms with E-state index in [0.717, 1.165) is 26.0 Å². The van der Waals surface area contributed by atoms with E-state index in [9.17, 15) is 4.79 Å². The number of alkyl carbamates (subject to hydrolysis) is 1. The minimum Gasteiger partial charge on any atom is -0.444 e. The first-order valence-corrected chi connectivity index (χ1v) is 6.16. The van der Waals surface area contributed by atoms with Crippen molar-refractivity contribution in [3.63, 3.8) is 0 Å². The molecule has 1 fully saturated rings. The topological polar surface area (TPSA) is 59.6 Å². The van der Waals surface area contributed by atoms with Gasteiger partial charge < -0.3 is 20.1 Å². The van der Waals surface area contributed by atoms with Crippen molar-refractivity contribution in [1.29, 1.82) is 0 Å². The molecule has 1 rings (SSSR count). The summed E-state index contributed by atoms with van der Waals surface area (Å²) in [5.74, 6) is 0. The summed E-state index contributed by atoms with van der Waals surface area (Å²) in [6.45, 7) is 7.16. The molecule has 5 heteroatoms. The fourth-order valence-corrected chi connectivity index (χ4v) is 1.62. The summed E-state index contributed by atoms with van der Waals surface area (Å²) >= 11 is 0. The second kappa shape index (κ2) is 6.21. The monoisotopic (exact) mass is 244 g/mol. The molecule has 1 aliphatic carbocycles. The van der Waals surface area contributed by atoms with E-state index in [2.05, 4.69) is 10.6 Å². The number of ether oxygens (including phenoxy) is 2. The Bertz CT molecular complexity index is 245. The fourth-order valence-electron chi connectivity index (χ4n) is 1.62. The highest BCUT2D eigenvalue weighted by Gasteiger charge is 2.32. The number of hydrogen-bond acceptors (Lipinski definition) is 4. The third-order valence-electron chi connectivity index (χ3n) is 2.52. The van der Waals surface area contributed by atoms with E-state index in [1.807, 2.05) is 27.8 Å². The van der Waals surface area contributed by atoms with Gasteiger partial charge in [-0.25, -0.2) is 4.79 Å². The fraction of sp³-hybridized carbons (Fsp3) is 0.917. The second-order valence-corrected chi connectivity index (χ2v) is 5.41. The van der Waals surface area contributed by atoms with Gasteiger partial charge in [0.2, 0.25) is 0 Å². The first kappa shape index (κ1) is 14.3. The first-order valence-electron chi connectivity index (χ1n) is 6.16. The van der Waals surface area contributed by atoms with E-state index in [-0.39, 0.29) is 18.2 Å². The van der Waals surface area contributed by atoms with Crippen molar-refractivity contribution >= 4 is 6.09 Å². The maximum Gasteiger partial charge on any atom is 0.407 e. The third kappa shape index (κ3) is 5.89. The van der Waals surface area contributed by atoms with Gasteiger partial charge in [-0.2, -0.15) is 0 Å². The predicted octanol–water partition coefficient (Wildman–Crippen LogP) is 1.28. The van der Waals surface area contributed by atoms with Crippen LogP contribution in [0.5, 0.6) is 0 Å². The average molecular weight is 244 g/mol. The maximum absolute atomic E-state index is 11.4. The van der Waals surface area contributed by atoms with Gasteiger partial charge in [-0.15, -0.1) is 0 Å². The molecule has 0 bridgehead atoms.